The smallest absolute Gasteiger partial charge is 0.405 e. The van der Waals surface area contributed by atoms with Crippen LogP contribution in [0.4, 0.5) is 5.88 Å². The maximum Gasteiger partial charge on any atom is 0.433 e. The average molecular weight is 216 g/mol. The Balaban J connectivity index is 2.33. The van der Waals surface area contributed by atoms with Gasteiger partial charge in [0, 0.05) is 0 Å². The van der Waals surface area contributed by atoms with Gasteiger partial charge in [0.2, 0.25) is 0 Å². The maximum atomic E-state index is 10.3. The van der Waals surface area contributed by atoms with Gasteiger partial charge in [0.15, 0.2) is 0 Å². The number of furan rings is 1. The Bertz CT molecular complexity index is 301. The summed E-state index contributed by atoms with van der Waals surface area (Å²) in [6.07, 6.45) is 0.952. The van der Waals surface area contributed by atoms with E-state index in [9.17, 15) is 10.1 Å². The highest BCUT2D eigenvalue weighted by atomic mass is 32.2. The van der Waals surface area contributed by atoms with Gasteiger partial charge in [-0.15, -0.1) is 0 Å². The summed E-state index contributed by atoms with van der Waals surface area (Å²) >= 11 is 1.66. The van der Waals surface area contributed by atoms with E-state index in [-0.39, 0.29) is 5.88 Å². The van der Waals surface area contributed by atoms with Crippen molar-refractivity contribution in [2.24, 2.45) is 5.73 Å². The van der Waals surface area contributed by atoms with E-state index >= 15 is 0 Å². The van der Waals surface area contributed by atoms with Crippen LogP contribution in [0.2, 0.25) is 0 Å². The molecule has 1 aromatic heterocycles. The summed E-state index contributed by atoms with van der Waals surface area (Å²) in [7, 11) is 0. The topological polar surface area (TPSA) is 82.3 Å². The first-order chi connectivity index (χ1) is 6.74. The zero-order chi connectivity index (χ0) is 10.4. The van der Waals surface area contributed by atoms with Crippen LogP contribution in [0, 0.1) is 10.1 Å². The molecule has 0 aromatic carbocycles. The monoisotopic (exact) mass is 216 g/mol. The average Bonchev–Trinajstić information content (AvgIpc) is 2.61. The van der Waals surface area contributed by atoms with Crippen molar-refractivity contribution in [3.63, 3.8) is 0 Å². The van der Waals surface area contributed by atoms with Crippen molar-refractivity contribution in [1.29, 1.82) is 0 Å². The molecule has 14 heavy (non-hydrogen) atoms. The normalized spacial score (nSPS) is 10.4. The van der Waals surface area contributed by atoms with E-state index in [0.717, 1.165) is 12.2 Å². The SMILES string of the molecule is NCCCSCc1ccc([N+](=O)[O-])o1. The molecule has 0 aliphatic heterocycles. The van der Waals surface area contributed by atoms with Gasteiger partial charge in [-0.05, 0) is 24.8 Å². The molecule has 0 spiro atoms. The Labute approximate surface area is 85.8 Å². The summed E-state index contributed by atoms with van der Waals surface area (Å²) in [6, 6.07) is 3.01. The standard InChI is InChI=1S/C8H12N2O3S/c9-4-1-5-14-6-7-2-3-8(13-7)10(11)12/h2-3H,1,4-6,9H2. The minimum atomic E-state index is -0.534. The van der Waals surface area contributed by atoms with Crippen LogP contribution >= 0.6 is 11.8 Å². The Morgan fingerprint density at radius 2 is 2.36 bits per heavy atom. The lowest BCUT2D eigenvalue weighted by atomic mass is 10.5. The quantitative estimate of drug-likeness (QED) is 0.445. The van der Waals surface area contributed by atoms with E-state index < -0.39 is 4.92 Å². The Morgan fingerprint density at radius 3 is 2.93 bits per heavy atom. The number of hydrogen-bond acceptors (Lipinski definition) is 5. The van der Waals surface area contributed by atoms with Crippen molar-refractivity contribution < 1.29 is 9.34 Å². The molecule has 0 radical (unpaired) electrons. The Kier molecular flexibility index (Phi) is 4.48. The van der Waals surface area contributed by atoms with Crippen LogP contribution in [-0.4, -0.2) is 17.2 Å². The molecule has 0 atom stereocenters. The lowest BCUT2D eigenvalue weighted by Crippen LogP contribution is -1.99. The molecule has 0 aliphatic carbocycles. The largest absolute Gasteiger partial charge is 0.433 e. The van der Waals surface area contributed by atoms with Crippen molar-refractivity contribution in [3.05, 3.63) is 28.0 Å². The van der Waals surface area contributed by atoms with Crippen LogP contribution in [0.1, 0.15) is 12.2 Å². The summed E-state index contributed by atoms with van der Waals surface area (Å²) in [5.74, 6) is 2.05. The van der Waals surface area contributed by atoms with Gasteiger partial charge in [0.05, 0.1) is 11.8 Å². The highest BCUT2D eigenvalue weighted by Gasteiger charge is 2.11. The summed E-state index contributed by atoms with van der Waals surface area (Å²) < 4.78 is 4.97. The Morgan fingerprint density at radius 1 is 1.57 bits per heavy atom. The maximum absolute atomic E-state index is 10.3. The van der Waals surface area contributed by atoms with E-state index in [0.29, 0.717) is 18.1 Å². The van der Waals surface area contributed by atoms with Crippen LogP contribution in [0.25, 0.3) is 0 Å². The molecule has 6 heteroatoms. The molecule has 2 N–H and O–H groups in total. The molecule has 1 aromatic rings. The minimum absolute atomic E-state index is 0.195. The highest BCUT2D eigenvalue weighted by molar-refractivity contribution is 7.98. The molecule has 5 nitrogen and oxygen atoms in total. The predicted octanol–water partition coefficient (Wildman–Crippen LogP) is 1.77. The van der Waals surface area contributed by atoms with Gasteiger partial charge in [-0.1, -0.05) is 0 Å². The molecule has 78 valence electrons. The first-order valence-electron chi connectivity index (χ1n) is 4.25. The molecule has 0 aliphatic rings. The molecule has 0 bridgehead atoms. The number of hydrogen-bond donors (Lipinski definition) is 1. The molecule has 0 amide bonds. The third-order valence-corrected chi connectivity index (χ3v) is 2.63. The summed E-state index contributed by atoms with van der Waals surface area (Å²) in [4.78, 5) is 9.75. The first-order valence-corrected chi connectivity index (χ1v) is 5.40. The fraction of sp³-hybridized carbons (Fsp3) is 0.500. The minimum Gasteiger partial charge on any atom is -0.405 e. The van der Waals surface area contributed by atoms with Crippen molar-refractivity contribution in [1.82, 2.24) is 0 Å². The summed E-state index contributed by atoms with van der Waals surface area (Å²) in [5.41, 5.74) is 5.33. The second-order valence-corrected chi connectivity index (χ2v) is 3.80. The van der Waals surface area contributed by atoms with Crippen LogP contribution in [0.15, 0.2) is 16.5 Å². The van der Waals surface area contributed by atoms with Gasteiger partial charge in [0.1, 0.15) is 10.7 Å². The van der Waals surface area contributed by atoms with E-state index in [1.807, 2.05) is 0 Å². The third kappa shape index (κ3) is 3.39. The third-order valence-electron chi connectivity index (χ3n) is 1.56. The molecule has 0 saturated heterocycles. The fourth-order valence-corrected chi connectivity index (χ4v) is 1.77. The van der Waals surface area contributed by atoms with E-state index in [4.69, 9.17) is 10.2 Å². The number of rotatable bonds is 6. The first kappa shape index (κ1) is 11.1. The van der Waals surface area contributed by atoms with Crippen molar-refractivity contribution >= 4 is 17.6 Å². The number of nitro groups is 1. The number of nitrogens with zero attached hydrogens (tertiary/aromatic N) is 1. The zero-order valence-corrected chi connectivity index (χ0v) is 8.46. The fourth-order valence-electron chi connectivity index (χ4n) is 0.900. The van der Waals surface area contributed by atoms with Crippen molar-refractivity contribution in [3.8, 4) is 0 Å². The molecule has 0 fully saturated rings. The molecular formula is C8H12N2O3S. The van der Waals surface area contributed by atoms with Gasteiger partial charge >= 0.3 is 5.88 Å². The molecule has 0 unspecified atom stereocenters. The van der Waals surface area contributed by atoms with E-state index in [1.54, 1.807) is 17.8 Å². The summed E-state index contributed by atoms with van der Waals surface area (Å²) in [6.45, 7) is 0.672. The number of nitrogens with two attached hydrogens (primary N) is 1. The van der Waals surface area contributed by atoms with Gasteiger partial charge in [0.25, 0.3) is 0 Å². The van der Waals surface area contributed by atoms with Crippen LogP contribution in [0.3, 0.4) is 0 Å². The lowest BCUT2D eigenvalue weighted by Gasteiger charge is -1.95. The van der Waals surface area contributed by atoms with Crippen LogP contribution < -0.4 is 5.73 Å². The number of thioether (sulfide) groups is 1. The van der Waals surface area contributed by atoms with Gasteiger partial charge < -0.3 is 10.2 Å². The van der Waals surface area contributed by atoms with Gasteiger partial charge in [-0.2, -0.15) is 11.8 Å². The lowest BCUT2D eigenvalue weighted by molar-refractivity contribution is -0.402. The second-order valence-electron chi connectivity index (χ2n) is 2.69. The van der Waals surface area contributed by atoms with Gasteiger partial charge in [-0.3, -0.25) is 10.1 Å². The van der Waals surface area contributed by atoms with E-state index in [1.165, 1.54) is 6.07 Å². The molecule has 1 rings (SSSR count). The predicted molar refractivity (Wildman–Crippen MR) is 55.2 cm³/mol. The van der Waals surface area contributed by atoms with Crippen molar-refractivity contribution in [2.45, 2.75) is 12.2 Å². The van der Waals surface area contributed by atoms with Gasteiger partial charge in [-0.25, -0.2) is 0 Å². The highest BCUT2D eigenvalue weighted by Crippen LogP contribution is 2.20. The Hall–Kier alpha value is -1.01. The molecule has 0 saturated carbocycles. The molecule has 1 heterocycles. The molecular weight excluding hydrogens is 204 g/mol. The van der Waals surface area contributed by atoms with Crippen LogP contribution in [0.5, 0.6) is 0 Å². The van der Waals surface area contributed by atoms with Crippen LogP contribution in [-0.2, 0) is 5.75 Å². The van der Waals surface area contributed by atoms with Crippen molar-refractivity contribution in [2.75, 3.05) is 12.3 Å². The summed E-state index contributed by atoms with van der Waals surface area (Å²) in [5, 5.41) is 10.3. The second kappa shape index (κ2) is 5.66. The van der Waals surface area contributed by atoms with E-state index in [2.05, 4.69) is 0 Å². The zero-order valence-electron chi connectivity index (χ0n) is 7.64.